The summed E-state index contributed by atoms with van der Waals surface area (Å²) in [7, 11) is 0. The second kappa shape index (κ2) is 18.1. The van der Waals surface area contributed by atoms with Gasteiger partial charge in [0, 0.05) is 44.4 Å². The molecule has 1 aromatic carbocycles. The molecule has 2 rings (SSSR count). The van der Waals surface area contributed by atoms with Crippen LogP contribution in [0.3, 0.4) is 0 Å². The monoisotopic (exact) mass is 461 g/mol. The van der Waals surface area contributed by atoms with E-state index in [9.17, 15) is 0 Å². The summed E-state index contributed by atoms with van der Waals surface area (Å²) in [6, 6.07) is 6.48. The Morgan fingerprint density at radius 3 is 1.97 bits per heavy atom. The van der Waals surface area contributed by atoms with Gasteiger partial charge in [-0.3, -0.25) is 4.90 Å². The van der Waals surface area contributed by atoms with Gasteiger partial charge in [-0.05, 0) is 38.4 Å². The van der Waals surface area contributed by atoms with Crippen LogP contribution in [0.1, 0.15) is 90.0 Å². The van der Waals surface area contributed by atoms with Gasteiger partial charge in [0.05, 0.1) is 13.2 Å². The summed E-state index contributed by atoms with van der Waals surface area (Å²) in [5, 5.41) is 0. The number of nitrogens with two attached hydrogens (primary N) is 1. The Balaban J connectivity index is 1.87. The molecule has 0 aromatic heterocycles. The molecule has 0 bridgehead atoms. The molecule has 0 atom stereocenters. The van der Waals surface area contributed by atoms with Crippen LogP contribution >= 0.6 is 0 Å². The lowest BCUT2D eigenvalue weighted by Gasteiger charge is -2.35. The minimum absolute atomic E-state index is 0.784. The highest BCUT2D eigenvalue weighted by Crippen LogP contribution is 2.27. The normalized spacial score (nSPS) is 15.1. The molecule has 1 fully saturated rings. The SMILES string of the molecule is CCCCCCCOc1ccc(CN2CCN(CCCN)CC2)c(OCCCCCCC)c1. The Hall–Kier alpha value is -1.30. The maximum Gasteiger partial charge on any atom is 0.127 e. The van der Waals surface area contributed by atoms with E-state index in [4.69, 9.17) is 15.2 Å². The molecule has 0 unspecified atom stereocenters. The second-order valence-corrected chi connectivity index (χ2v) is 9.55. The van der Waals surface area contributed by atoms with Crippen LogP contribution in [0, 0.1) is 0 Å². The molecule has 0 saturated carbocycles. The summed E-state index contributed by atoms with van der Waals surface area (Å²) in [6.07, 6.45) is 13.7. The van der Waals surface area contributed by atoms with Crippen LogP contribution in [-0.2, 0) is 6.54 Å². The van der Waals surface area contributed by atoms with E-state index in [0.29, 0.717) is 0 Å². The van der Waals surface area contributed by atoms with Crippen LogP contribution in [-0.4, -0.2) is 62.3 Å². The van der Waals surface area contributed by atoms with E-state index in [2.05, 4.69) is 41.8 Å². The number of nitrogens with zero attached hydrogens (tertiary/aromatic N) is 2. The molecule has 5 heteroatoms. The molecule has 1 heterocycles. The van der Waals surface area contributed by atoms with Crippen LogP contribution in [0.15, 0.2) is 18.2 Å². The first-order valence-corrected chi connectivity index (χ1v) is 13.8. The summed E-state index contributed by atoms with van der Waals surface area (Å²) in [4.78, 5) is 5.09. The van der Waals surface area contributed by atoms with Gasteiger partial charge in [0.25, 0.3) is 0 Å². The summed E-state index contributed by atoms with van der Waals surface area (Å²) in [6.45, 7) is 13.4. The van der Waals surface area contributed by atoms with Crippen molar-refractivity contribution in [1.82, 2.24) is 9.80 Å². The number of hydrogen-bond acceptors (Lipinski definition) is 5. The fraction of sp³-hybridized carbons (Fsp3) is 0.786. The second-order valence-electron chi connectivity index (χ2n) is 9.55. The van der Waals surface area contributed by atoms with Crippen LogP contribution in [0.25, 0.3) is 0 Å². The Kier molecular flexibility index (Phi) is 15.3. The smallest absolute Gasteiger partial charge is 0.127 e. The first-order chi connectivity index (χ1) is 16.3. The lowest BCUT2D eigenvalue weighted by molar-refractivity contribution is 0.125. The number of unbranched alkanes of at least 4 members (excludes halogenated alkanes) is 8. The highest BCUT2D eigenvalue weighted by atomic mass is 16.5. The van der Waals surface area contributed by atoms with Gasteiger partial charge in [-0.25, -0.2) is 0 Å². The van der Waals surface area contributed by atoms with Gasteiger partial charge in [0.2, 0.25) is 0 Å². The van der Waals surface area contributed by atoms with Gasteiger partial charge in [0.15, 0.2) is 0 Å². The fourth-order valence-electron chi connectivity index (χ4n) is 4.40. The van der Waals surface area contributed by atoms with E-state index < -0.39 is 0 Å². The number of benzene rings is 1. The molecule has 1 saturated heterocycles. The average molecular weight is 462 g/mol. The molecule has 1 aliphatic rings. The number of rotatable bonds is 19. The van der Waals surface area contributed by atoms with Crippen molar-refractivity contribution >= 4 is 0 Å². The Labute approximate surface area is 204 Å². The predicted octanol–water partition coefficient (Wildman–Crippen LogP) is 5.85. The van der Waals surface area contributed by atoms with Crippen molar-refractivity contribution in [1.29, 1.82) is 0 Å². The fourth-order valence-corrected chi connectivity index (χ4v) is 4.40. The zero-order valence-corrected chi connectivity index (χ0v) is 21.7. The van der Waals surface area contributed by atoms with E-state index in [1.165, 1.54) is 56.9 Å². The molecule has 2 N–H and O–H groups in total. The first-order valence-electron chi connectivity index (χ1n) is 13.8. The molecule has 0 amide bonds. The lowest BCUT2D eigenvalue weighted by Crippen LogP contribution is -2.46. The van der Waals surface area contributed by atoms with Crippen molar-refractivity contribution in [2.45, 2.75) is 91.0 Å². The Bertz CT molecular complexity index is 603. The molecule has 5 nitrogen and oxygen atoms in total. The van der Waals surface area contributed by atoms with E-state index in [0.717, 1.165) is 89.8 Å². The van der Waals surface area contributed by atoms with Crippen molar-refractivity contribution in [3.05, 3.63) is 23.8 Å². The summed E-state index contributed by atoms with van der Waals surface area (Å²) in [5.74, 6) is 1.96. The lowest BCUT2D eigenvalue weighted by atomic mass is 10.1. The summed E-state index contributed by atoms with van der Waals surface area (Å²) >= 11 is 0. The van der Waals surface area contributed by atoms with Crippen LogP contribution in [0.2, 0.25) is 0 Å². The first kappa shape index (κ1) is 27.9. The minimum Gasteiger partial charge on any atom is -0.493 e. The predicted molar refractivity (Wildman–Crippen MR) is 140 cm³/mol. The summed E-state index contributed by atoms with van der Waals surface area (Å²) < 4.78 is 12.4. The van der Waals surface area contributed by atoms with Crippen molar-refractivity contribution in [3.8, 4) is 11.5 Å². The minimum atomic E-state index is 0.784. The average Bonchev–Trinajstić information content (AvgIpc) is 2.84. The van der Waals surface area contributed by atoms with E-state index in [1.807, 2.05) is 0 Å². The number of hydrogen-bond donors (Lipinski definition) is 1. The number of piperazine rings is 1. The molecule has 0 aliphatic carbocycles. The van der Waals surface area contributed by atoms with Gasteiger partial charge in [-0.2, -0.15) is 0 Å². The number of ether oxygens (including phenoxy) is 2. The topological polar surface area (TPSA) is 51.0 Å². The molecule has 0 spiro atoms. The third kappa shape index (κ3) is 12.1. The van der Waals surface area contributed by atoms with Crippen molar-refractivity contribution < 1.29 is 9.47 Å². The molecule has 190 valence electrons. The van der Waals surface area contributed by atoms with E-state index in [-0.39, 0.29) is 0 Å². The van der Waals surface area contributed by atoms with Gasteiger partial charge in [-0.1, -0.05) is 71.3 Å². The zero-order valence-electron chi connectivity index (χ0n) is 21.7. The molecule has 0 radical (unpaired) electrons. The largest absolute Gasteiger partial charge is 0.493 e. The van der Waals surface area contributed by atoms with Crippen LogP contribution < -0.4 is 15.2 Å². The maximum atomic E-state index is 6.30. The zero-order chi connectivity index (χ0) is 23.6. The van der Waals surface area contributed by atoms with Crippen LogP contribution in [0.4, 0.5) is 0 Å². The standard InChI is InChI=1S/C28H51N3O2/c1-3-5-7-9-11-22-32-27-15-14-26(28(24-27)33-23-12-10-8-6-4-2)25-31-20-18-30(19-21-31)17-13-16-29/h14-15,24H,3-13,16-23,25,29H2,1-2H3. The molecular formula is C28H51N3O2. The maximum absolute atomic E-state index is 6.30. The molecule has 1 aliphatic heterocycles. The Morgan fingerprint density at radius 2 is 1.33 bits per heavy atom. The quantitative estimate of drug-likeness (QED) is 0.262. The third-order valence-electron chi connectivity index (χ3n) is 6.60. The van der Waals surface area contributed by atoms with E-state index >= 15 is 0 Å². The molecule has 1 aromatic rings. The molecule has 33 heavy (non-hydrogen) atoms. The van der Waals surface area contributed by atoms with Crippen molar-refractivity contribution in [2.75, 3.05) is 52.5 Å². The third-order valence-corrected chi connectivity index (χ3v) is 6.60. The van der Waals surface area contributed by atoms with Crippen molar-refractivity contribution in [3.63, 3.8) is 0 Å². The highest BCUT2D eigenvalue weighted by molar-refractivity contribution is 5.41. The van der Waals surface area contributed by atoms with Gasteiger partial charge in [0.1, 0.15) is 11.5 Å². The van der Waals surface area contributed by atoms with Crippen molar-refractivity contribution in [2.24, 2.45) is 5.73 Å². The Morgan fingerprint density at radius 1 is 0.727 bits per heavy atom. The van der Waals surface area contributed by atoms with Gasteiger partial charge >= 0.3 is 0 Å². The highest BCUT2D eigenvalue weighted by Gasteiger charge is 2.18. The summed E-state index contributed by atoms with van der Waals surface area (Å²) in [5.41, 5.74) is 6.96. The van der Waals surface area contributed by atoms with Crippen LogP contribution in [0.5, 0.6) is 11.5 Å². The van der Waals surface area contributed by atoms with E-state index in [1.54, 1.807) is 0 Å². The van der Waals surface area contributed by atoms with Gasteiger partial charge in [-0.15, -0.1) is 0 Å². The van der Waals surface area contributed by atoms with Gasteiger partial charge < -0.3 is 20.1 Å². The molecular weight excluding hydrogens is 410 g/mol.